The first-order valence-corrected chi connectivity index (χ1v) is 7.61. The molecule has 0 heterocycles. The topological polar surface area (TPSA) is 49.3 Å². The van der Waals surface area contributed by atoms with Gasteiger partial charge in [0.2, 0.25) is 5.91 Å². The molecule has 0 aliphatic rings. The number of amides is 1. The van der Waals surface area contributed by atoms with Crippen molar-refractivity contribution in [2.45, 2.75) is 38.2 Å². The number of benzene rings is 1. The molecule has 1 amide bonds. The zero-order valence-corrected chi connectivity index (χ0v) is 13.0. The molecule has 0 aliphatic heterocycles. The van der Waals surface area contributed by atoms with Gasteiger partial charge in [-0.25, -0.2) is 4.39 Å². The van der Waals surface area contributed by atoms with E-state index in [1.54, 1.807) is 12.1 Å². The summed E-state index contributed by atoms with van der Waals surface area (Å²) in [7, 11) is 0. The maximum Gasteiger partial charge on any atom is 0.220 e. The third-order valence-corrected chi connectivity index (χ3v) is 3.92. The van der Waals surface area contributed by atoms with E-state index in [1.807, 2.05) is 20.8 Å². The van der Waals surface area contributed by atoms with E-state index in [9.17, 15) is 14.3 Å². The van der Waals surface area contributed by atoms with Crippen molar-refractivity contribution in [3.8, 4) is 0 Å². The largest absolute Gasteiger partial charge is 0.391 e. The van der Waals surface area contributed by atoms with Gasteiger partial charge in [0.1, 0.15) is 5.82 Å². The maximum absolute atomic E-state index is 12.7. The van der Waals surface area contributed by atoms with Gasteiger partial charge >= 0.3 is 0 Å². The molecule has 3 nitrogen and oxygen atoms in total. The van der Waals surface area contributed by atoms with Crippen LogP contribution in [0.5, 0.6) is 0 Å². The Labute approximate surface area is 124 Å². The summed E-state index contributed by atoms with van der Waals surface area (Å²) in [6, 6.07) is 6.20. The molecule has 1 rings (SSSR count). The number of thioether (sulfide) groups is 1. The van der Waals surface area contributed by atoms with Gasteiger partial charge in [-0.05, 0) is 29.7 Å². The molecule has 0 bridgehead atoms. The average molecular weight is 299 g/mol. The lowest BCUT2D eigenvalue weighted by atomic mass is 9.89. The van der Waals surface area contributed by atoms with Gasteiger partial charge in [0.05, 0.1) is 6.10 Å². The van der Waals surface area contributed by atoms with Crippen molar-refractivity contribution in [2.75, 3.05) is 12.3 Å². The minimum absolute atomic E-state index is 0.0806. The van der Waals surface area contributed by atoms with Crippen LogP contribution in [0.25, 0.3) is 0 Å². The van der Waals surface area contributed by atoms with Crippen LogP contribution in [0.15, 0.2) is 29.2 Å². The highest BCUT2D eigenvalue weighted by atomic mass is 32.2. The fourth-order valence-corrected chi connectivity index (χ4v) is 2.25. The van der Waals surface area contributed by atoms with Gasteiger partial charge in [0.25, 0.3) is 0 Å². The quantitative estimate of drug-likeness (QED) is 0.794. The number of hydrogen-bond acceptors (Lipinski definition) is 3. The predicted molar refractivity (Wildman–Crippen MR) is 80.2 cm³/mol. The van der Waals surface area contributed by atoms with Crippen molar-refractivity contribution in [3.63, 3.8) is 0 Å². The minimum Gasteiger partial charge on any atom is -0.391 e. The van der Waals surface area contributed by atoms with Crippen molar-refractivity contribution in [2.24, 2.45) is 5.41 Å². The normalized spacial score (nSPS) is 13.1. The van der Waals surface area contributed by atoms with E-state index in [1.165, 1.54) is 23.9 Å². The number of aliphatic hydroxyl groups excluding tert-OH is 1. The zero-order valence-electron chi connectivity index (χ0n) is 12.1. The first-order valence-electron chi connectivity index (χ1n) is 6.62. The third kappa shape index (κ3) is 6.39. The van der Waals surface area contributed by atoms with Crippen molar-refractivity contribution < 1.29 is 14.3 Å². The second kappa shape index (κ2) is 7.64. The van der Waals surface area contributed by atoms with Gasteiger partial charge < -0.3 is 10.4 Å². The van der Waals surface area contributed by atoms with E-state index in [0.717, 1.165) is 4.90 Å². The van der Waals surface area contributed by atoms with Crippen molar-refractivity contribution >= 4 is 17.7 Å². The third-order valence-electron chi connectivity index (χ3n) is 2.90. The van der Waals surface area contributed by atoms with E-state index < -0.39 is 6.10 Å². The maximum atomic E-state index is 12.7. The summed E-state index contributed by atoms with van der Waals surface area (Å²) in [5.41, 5.74) is -0.240. The summed E-state index contributed by atoms with van der Waals surface area (Å²) in [5.74, 6) is 0.287. The fourth-order valence-electron chi connectivity index (χ4n) is 1.40. The Morgan fingerprint density at radius 3 is 2.50 bits per heavy atom. The molecule has 0 spiro atoms. The number of rotatable bonds is 6. The van der Waals surface area contributed by atoms with Crippen LogP contribution < -0.4 is 5.32 Å². The monoisotopic (exact) mass is 299 g/mol. The van der Waals surface area contributed by atoms with Gasteiger partial charge in [-0.1, -0.05) is 20.8 Å². The lowest BCUT2D eigenvalue weighted by Crippen LogP contribution is -2.39. The zero-order chi connectivity index (χ0) is 15.2. The van der Waals surface area contributed by atoms with Crippen LogP contribution in [0.2, 0.25) is 0 Å². The standard InChI is InChI=1S/C15H22FNO2S/c1-15(2,3)13(18)10-17-14(19)8-9-20-12-6-4-11(16)5-7-12/h4-7,13,18H,8-10H2,1-3H3,(H,17,19). The van der Waals surface area contributed by atoms with Gasteiger partial charge in [0.15, 0.2) is 0 Å². The molecule has 1 aromatic carbocycles. The Balaban J connectivity index is 2.22. The molecule has 0 radical (unpaired) electrons. The Kier molecular flexibility index (Phi) is 6.49. The highest BCUT2D eigenvalue weighted by Crippen LogP contribution is 2.19. The molecule has 5 heteroatoms. The first kappa shape index (κ1) is 17.0. The Hall–Kier alpha value is -1.07. The van der Waals surface area contributed by atoms with Gasteiger partial charge in [-0.15, -0.1) is 11.8 Å². The van der Waals surface area contributed by atoms with Crippen LogP contribution in [0.1, 0.15) is 27.2 Å². The summed E-state index contributed by atoms with van der Waals surface area (Å²) < 4.78 is 12.7. The van der Waals surface area contributed by atoms with Crippen molar-refractivity contribution in [1.29, 1.82) is 0 Å². The SMILES string of the molecule is CC(C)(C)C(O)CNC(=O)CCSc1ccc(F)cc1. The Bertz CT molecular complexity index is 428. The Morgan fingerprint density at radius 2 is 1.95 bits per heavy atom. The molecule has 0 aromatic heterocycles. The average Bonchev–Trinajstić information content (AvgIpc) is 2.37. The molecular weight excluding hydrogens is 277 g/mol. The number of nitrogens with one attached hydrogen (secondary N) is 1. The number of carbonyl (C=O) groups is 1. The minimum atomic E-state index is -0.559. The highest BCUT2D eigenvalue weighted by molar-refractivity contribution is 7.99. The Morgan fingerprint density at radius 1 is 1.35 bits per heavy atom. The highest BCUT2D eigenvalue weighted by Gasteiger charge is 2.22. The molecule has 1 aromatic rings. The van der Waals surface area contributed by atoms with E-state index in [2.05, 4.69) is 5.32 Å². The molecule has 2 N–H and O–H groups in total. The molecular formula is C15H22FNO2S. The molecule has 20 heavy (non-hydrogen) atoms. The molecule has 0 fully saturated rings. The van der Waals surface area contributed by atoms with Crippen LogP contribution in [0.3, 0.4) is 0 Å². The van der Waals surface area contributed by atoms with Crippen molar-refractivity contribution in [1.82, 2.24) is 5.32 Å². The van der Waals surface area contributed by atoms with Crippen LogP contribution in [-0.4, -0.2) is 29.4 Å². The summed E-state index contributed by atoms with van der Waals surface area (Å²) in [6.45, 7) is 6.04. The van der Waals surface area contributed by atoms with Crippen molar-refractivity contribution in [3.05, 3.63) is 30.1 Å². The summed E-state index contributed by atoms with van der Waals surface area (Å²) in [4.78, 5) is 12.6. The summed E-state index contributed by atoms with van der Waals surface area (Å²) >= 11 is 1.51. The molecule has 1 unspecified atom stereocenters. The molecule has 0 aliphatic carbocycles. The van der Waals surface area contributed by atoms with Gasteiger partial charge in [-0.3, -0.25) is 4.79 Å². The molecule has 1 atom stereocenters. The number of aliphatic hydroxyl groups is 1. The van der Waals surface area contributed by atoms with E-state index in [4.69, 9.17) is 0 Å². The molecule has 0 saturated heterocycles. The van der Waals surface area contributed by atoms with Gasteiger partial charge in [0, 0.05) is 23.6 Å². The lowest BCUT2D eigenvalue weighted by Gasteiger charge is -2.25. The number of hydrogen-bond donors (Lipinski definition) is 2. The summed E-state index contributed by atoms with van der Waals surface area (Å²) in [5, 5.41) is 12.5. The second-order valence-corrected chi connectivity index (χ2v) is 6.91. The second-order valence-electron chi connectivity index (χ2n) is 5.74. The van der Waals surface area contributed by atoms with Crippen LogP contribution in [0, 0.1) is 11.2 Å². The smallest absolute Gasteiger partial charge is 0.220 e. The van der Waals surface area contributed by atoms with E-state index in [0.29, 0.717) is 12.2 Å². The number of carbonyl (C=O) groups excluding carboxylic acids is 1. The fraction of sp³-hybridized carbons (Fsp3) is 0.533. The van der Waals surface area contributed by atoms with Crippen LogP contribution in [0.4, 0.5) is 4.39 Å². The molecule has 0 saturated carbocycles. The van der Waals surface area contributed by atoms with Crippen LogP contribution in [-0.2, 0) is 4.79 Å². The van der Waals surface area contributed by atoms with Crippen LogP contribution >= 0.6 is 11.8 Å². The number of halogens is 1. The molecule has 112 valence electrons. The predicted octanol–water partition coefficient (Wildman–Crippen LogP) is 2.83. The van der Waals surface area contributed by atoms with E-state index >= 15 is 0 Å². The first-order chi connectivity index (χ1) is 9.29. The van der Waals surface area contributed by atoms with Gasteiger partial charge in [-0.2, -0.15) is 0 Å². The van der Waals surface area contributed by atoms with E-state index in [-0.39, 0.29) is 23.7 Å². The lowest BCUT2D eigenvalue weighted by molar-refractivity contribution is -0.121. The summed E-state index contributed by atoms with van der Waals surface area (Å²) in [6.07, 6.45) is -0.185.